The second-order valence-electron chi connectivity index (χ2n) is 4.59. The van der Waals surface area contributed by atoms with Crippen LogP contribution in [0.5, 0.6) is 5.88 Å². The van der Waals surface area contributed by atoms with Crippen LogP contribution in [0.15, 0.2) is 24.7 Å². The van der Waals surface area contributed by atoms with Crippen molar-refractivity contribution in [1.29, 1.82) is 0 Å². The van der Waals surface area contributed by atoms with Gasteiger partial charge in [-0.2, -0.15) is 10.1 Å². The van der Waals surface area contributed by atoms with E-state index < -0.39 is 0 Å². The Balaban J connectivity index is 1.85. The molecule has 2 aromatic heterocycles. The molecule has 1 N–H and O–H groups in total. The van der Waals surface area contributed by atoms with Crippen LogP contribution in [0, 0.1) is 6.92 Å². The van der Waals surface area contributed by atoms with Crippen molar-refractivity contribution in [1.82, 2.24) is 19.7 Å². The van der Waals surface area contributed by atoms with E-state index in [1.807, 2.05) is 37.8 Å². The molecule has 0 aromatic carbocycles. The first-order valence-corrected chi connectivity index (χ1v) is 6.36. The minimum absolute atomic E-state index is 0.106. The zero-order valence-corrected chi connectivity index (χ0v) is 11.5. The lowest BCUT2D eigenvalue weighted by Crippen LogP contribution is -2.13. The fourth-order valence-electron chi connectivity index (χ4n) is 1.61. The Hall–Kier alpha value is -2.11. The van der Waals surface area contributed by atoms with Crippen LogP contribution in [-0.2, 0) is 6.54 Å². The molecule has 0 atom stereocenters. The molecule has 6 nitrogen and oxygen atoms in total. The number of aromatic nitrogens is 4. The zero-order valence-electron chi connectivity index (χ0n) is 11.5. The van der Waals surface area contributed by atoms with Crippen LogP contribution in [0.1, 0.15) is 19.4 Å². The van der Waals surface area contributed by atoms with Crippen molar-refractivity contribution in [3.63, 3.8) is 0 Å². The first-order chi connectivity index (χ1) is 9.13. The SMILES string of the molecule is Cc1cnn(CCNc2nccc(OC(C)C)n2)c1. The molecule has 2 rings (SSSR count). The van der Waals surface area contributed by atoms with Crippen LogP contribution in [0.3, 0.4) is 0 Å². The molecule has 0 aliphatic rings. The normalized spacial score (nSPS) is 10.7. The summed E-state index contributed by atoms with van der Waals surface area (Å²) in [7, 11) is 0. The molecular weight excluding hydrogens is 242 g/mol. The predicted molar refractivity (Wildman–Crippen MR) is 73.2 cm³/mol. The molecule has 6 heteroatoms. The van der Waals surface area contributed by atoms with Crippen molar-refractivity contribution < 1.29 is 4.74 Å². The average molecular weight is 261 g/mol. The predicted octanol–water partition coefficient (Wildman–Crippen LogP) is 1.88. The summed E-state index contributed by atoms with van der Waals surface area (Å²) in [5, 5.41) is 7.37. The number of ether oxygens (including phenoxy) is 1. The first kappa shape index (κ1) is 13.3. The maximum Gasteiger partial charge on any atom is 0.226 e. The van der Waals surface area contributed by atoms with Crippen LogP contribution in [0.2, 0.25) is 0 Å². The van der Waals surface area contributed by atoms with E-state index in [0.29, 0.717) is 18.4 Å². The summed E-state index contributed by atoms with van der Waals surface area (Å²) in [5.74, 6) is 1.16. The molecule has 2 heterocycles. The zero-order chi connectivity index (χ0) is 13.7. The molecule has 19 heavy (non-hydrogen) atoms. The van der Waals surface area contributed by atoms with E-state index in [9.17, 15) is 0 Å². The standard InChI is InChI=1S/C13H19N5O/c1-10(2)19-12-4-5-14-13(17-12)15-6-7-18-9-11(3)8-16-18/h4-5,8-10H,6-7H2,1-3H3,(H,14,15,17). The number of nitrogens with zero attached hydrogens (tertiary/aromatic N) is 4. The Labute approximate surface area is 112 Å². The third kappa shape index (κ3) is 4.24. The molecule has 102 valence electrons. The van der Waals surface area contributed by atoms with E-state index in [-0.39, 0.29) is 6.10 Å². The summed E-state index contributed by atoms with van der Waals surface area (Å²) in [6, 6.07) is 1.75. The number of aryl methyl sites for hydroxylation is 1. The minimum Gasteiger partial charge on any atom is -0.475 e. The highest BCUT2D eigenvalue weighted by Crippen LogP contribution is 2.09. The summed E-state index contributed by atoms with van der Waals surface area (Å²) < 4.78 is 7.40. The quantitative estimate of drug-likeness (QED) is 0.860. The number of hydrogen-bond donors (Lipinski definition) is 1. The lowest BCUT2D eigenvalue weighted by atomic mass is 10.4. The van der Waals surface area contributed by atoms with Gasteiger partial charge in [0.1, 0.15) is 0 Å². The highest BCUT2D eigenvalue weighted by atomic mass is 16.5. The summed E-state index contributed by atoms with van der Waals surface area (Å²) >= 11 is 0. The van der Waals surface area contributed by atoms with Crippen LogP contribution in [0.4, 0.5) is 5.95 Å². The molecule has 0 saturated heterocycles. The van der Waals surface area contributed by atoms with E-state index in [1.54, 1.807) is 12.3 Å². The third-order valence-electron chi connectivity index (χ3n) is 2.37. The minimum atomic E-state index is 0.106. The Morgan fingerprint density at radius 1 is 1.42 bits per heavy atom. The van der Waals surface area contributed by atoms with Gasteiger partial charge in [-0.05, 0) is 26.3 Å². The maximum atomic E-state index is 5.51. The Bertz CT molecular complexity index is 523. The van der Waals surface area contributed by atoms with E-state index in [4.69, 9.17) is 4.74 Å². The average Bonchev–Trinajstić information content (AvgIpc) is 2.75. The second-order valence-corrected chi connectivity index (χ2v) is 4.59. The van der Waals surface area contributed by atoms with Crippen molar-refractivity contribution in [3.05, 3.63) is 30.2 Å². The van der Waals surface area contributed by atoms with Gasteiger partial charge >= 0.3 is 0 Å². The third-order valence-corrected chi connectivity index (χ3v) is 2.37. The van der Waals surface area contributed by atoms with Crippen molar-refractivity contribution in [2.24, 2.45) is 0 Å². The number of anilines is 1. The van der Waals surface area contributed by atoms with Crippen molar-refractivity contribution >= 4 is 5.95 Å². The van der Waals surface area contributed by atoms with Gasteiger partial charge in [0.2, 0.25) is 11.8 Å². The van der Waals surface area contributed by atoms with Crippen LogP contribution in [-0.4, -0.2) is 32.4 Å². The van der Waals surface area contributed by atoms with Gasteiger partial charge in [0.25, 0.3) is 0 Å². The van der Waals surface area contributed by atoms with Gasteiger partial charge in [-0.3, -0.25) is 4.68 Å². The van der Waals surface area contributed by atoms with E-state index >= 15 is 0 Å². The molecule has 0 saturated carbocycles. The molecule has 0 unspecified atom stereocenters. The molecule has 0 aliphatic heterocycles. The maximum absolute atomic E-state index is 5.51. The highest BCUT2D eigenvalue weighted by Gasteiger charge is 2.02. The molecular formula is C13H19N5O. The van der Waals surface area contributed by atoms with Crippen molar-refractivity contribution in [2.75, 3.05) is 11.9 Å². The molecule has 0 spiro atoms. The summed E-state index contributed by atoms with van der Waals surface area (Å²) in [6.45, 7) is 7.44. The molecule has 0 fully saturated rings. The molecule has 0 aliphatic carbocycles. The van der Waals surface area contributed by atoms with Crippen molar-refractivity contribution in [2.45, 2.75) is 33.4 Å². The van der Waals surface area contributed by atoms with Gasteiger partial charge in [0.15, 0.2) is 0 Å². The number of rotatable bonds is 6. The monoisotopic (exact) mass is 261 g/mol. The summed E-state index contributed by atoms with van der Waals surface area (Å²) in [6.07, 6.45) is 5.63. The lowest BCUT2D eigenvalue weighted by Gasteiger charge is -2.10. The molecule has 0 amide bonds. The fraction of sp³-hybridized carbons (Fsp3) is 0.462. The van der Waals surface area contributed by atoms with Gasteiger partial charge in [0.05, 0.1) is 18.8 Å². The van der Waals surface area contributed by atoms with Gasteiger partial charge in [-0.25, -0.2) is 4.98 Å². The van der Waals surface area contributed by atoms with Gasteiger partial charge in [-0.15, -0.1) is 0 Å². The van der Waals surface area contributed by atoms with Crippen LogP contribution >= 0.6 is 0 Å². The van der Waals surface area contributed by atoms with Gasteiger partial charge in [0, 0.05) is 25.0 Å². The molecule has 0 radical (unpaired) electrons. The van der Waals surface area contributed by atoms with Crippen LogP contribution in [0.25, 0.3) is 0 Å². The first-order valence-electron chi connectivity index (χ1n) is 6.36. The summed E-state index contributed by atoms with van der Waals surface area (Å²) in [5.41, 5.74) is 1.16. The topological polar surface area (TPSA) is 64.9 Å². The number of nitrogens with one attached hydrogen (secondary N) is 1. The van der Waals surface area contributed by atoms with Gasteiger partial charge < -0.3 is 10.1 Å². The second kappa shape index (κ2) is 6.17. The van der Waals surface area contributed by atoms with Gasteiger partial charge in [-0.1, -0.05) is 0 Å². The highest BCUT2D eigenvalue weighted by molar-refractivity contribution is 5.27. The molecule has 2 aromatic rings. The Kier molecular flexibility index (Phi) is 4.33. The molecule has 0 bridgehead atoms. The fourth-order valence-corrected chi connectivity index (χ4v) is 1.61. The van der Waals surface area contributed by atoms with E-state index in [1.165, 1.54) is 0 Å². The Morgan fingerprint density at radius 2 is 2.26 bits per heavy atom. The van der Waals surface area contributed by atoms with E-state index in [0.717, 1.165) is 12.1 Å². The van der Waals surface area contributed by atoms with Crippen molar-refractivity contribution in [3.8, 4) is 5.88 Å². The Morgan fingerprint density at radius 3 is 2.95 bits per heavy atom. The largest absolute Gasteiger partial charge is 0.475 e. The van der Waals surface area contributed by atoms with E-state index in [2.05, 4.69) is 20.4 Å². The number of hydrogen-bond acceptors (Lipinski definition) is 5. The lowest BCUT2D eigenvalue weighted by molar-refractivity contribution is 0.232. The van der Waals surface area contributed by atoms with Crippen LogP contribution < -0.4 is 10.1 Å². The smallest absolute Gasteiger partial charge is 0.226 e. The summed E-state index contributed by atoms with van der Waals surface area (Å²) in [4.78, 5) is 8.43.